The molecular formula is C14H18BrN3. The van der Waals surface area contributed by atoms with E-state index >= 15 is 0 Å². The van der Waals surface area contributed by atoms with Crippen LogP contribution in [0.5, 0.6) is 0 Å². The minimum absolute atomic E-state index is 0.146. The van der Waals surface area contributed by atoms with Gasteiger partial charge in [-0.3, -0.25) is 4.68 Å². The van der Waals surface area contributed by atoms with Crippen LogP contribution in [0, 0.1) is 6.92 Å². The van der Waals surface area contributed by atoms with Crippen LogP contribution in [0.15, 0.2) is 34.9 Å². The Morgan fingerprint density at radius 3 is 2.72 bits per heavy atom. The third kappa shape index (κ3) is 2.82. The average Bonchev–Trinajstić information content (AvgIpc) is 2.76. The molecule has 0 aliphatic heterocycles. The number of rotatable bonds is 4. The van der Waals surface area contributed by atoms with E-state index in [0.29, 0.717) is 0 Å². The molecule has 0 spiro atoms. The van der Waals surface area contributed by atoms with Crippen molar-refractivity contribution in [1.82, 2.24) is 15.1 Å². The molecule has 1 N–H and O–H groups in total. The Labute approximate surface area is 116 Å². The summed E-state index contributed by atoms with van der Waals surface area (Å²) in [5, 5.41) is 7.98. The molecule has 2 rings (SSSR count). The number of nitrogens with zero attached hydrogens (tertiary/aromatic N) is 2. The Morgan fingerprint density at radius 2 is 2.17 bits per heavy atom. The standard InChI is InChI=1S/C14H18BrN3/c1-4-16-14(13-7-8-18(3)17-13)11-6-5-10(2)12(15)9-11/h5-9,14,16H,4H2,1-3H3. The van der Waals surface area contributed by atoms with E-state index in [9.17, 15) is 0 Å². The third-order valence-electron chi connectivity index (χ3n) is 2.97. The molecule has 0 bridgehead atoms. The smallest absolute Gasteiger partial charge is 0.0839 e. The largest absolute Gasteiger partial charge is 0.305 e. The zero-order chi connectivity index (χ0) is 13.1. The summed E-state index contributed by atoms with van der Waals surface area (Å²) in [6, 6.07) is 8.65. The second-order valence-corrected chi connectivity index (χ2v) is 5.27. The van der Waals surface area contributed by atoms with Crippen molar-refractivity contribution in [3.8, 4) is 0 Å². The second kappa shape index (κ2) is 5.67. The molecule has 1 aromatic heterocycles. The molecule has 1 atom stereocenters. The predicted octanol–water partition coefficient (Wildman–Crippen LogP) is 3.19. The highest BCUT2D eigenvalue weighted by Crippen LogP contribution is 2.25. The van der Waals surface area contributed by atoms with Gasteiger partial charge in [0.15, 0.2) is 0 Å². The van der Waals surface area contributed by atoms with Gasteiger partial charge < -0.3 is 5.32 Å². The molecule has 0 fully saturated rings. The van der Waals surface area contributed by atoms with Gasteiger partial charge in [-0.25, -0.2) is 0 Å². The highest BCUT2D eigenvalue weighted by molar-refractivity contribution is 9.10. The predicted molar refractivity (Wildman–Crippen MR) is 77.6 cm³/mol. The van der Waals surface area contributed by atoms with E-state index in [1.54, 1.807) is 0 Å². The summed E-state index contributed by atoms with van der Waals surface area (Å²) < 4.78 is 2.97. The Hall–Kier alpha value is -1.13. The van der Waals surface area contributed by atoms with Crippen molar-refractivity contribution in [2.24, 2.45) is 7.05 Å². The first-order chi connectivity index (χ1) is 8.61. The number of benzene rings is 1. The van der Waals surface area contributed by atoms with Crippen LogP contribution in [-0.4, -0.2) is 16.3 Å². The number of aromatic nitrogens is 2. The number of hydrogen-bond acceptors (Lipinski definition) is 2. The number of halogens is 1. The Balaban J connectivity index is 2.37. The quantitative estimate of drug-likeness (QED) is 0.940. The normalized spacial score (nSPS) is 12.7. The molecule has 1 aromatic carbocycles. The number of aryl methyl sites for hydroxylation is 2. The van der Waals surface area contributed by atoms with Crippen LogP contribution in [0.3, 0.4) is 0 Å². The zero-order valence-corrected chi connectivity index (χ0v) is 12.5. The monoisotopic (exact) mass is 307 g/mol. The topological polar surface area (TPSA) is 29.9 Å². The molecule has 0 saturated heterocycles. The van der Waals surface area contributed by atoms with Crippen molar-refractivity contribution in [2.45, 2.75) is 19.9 Å². The summed E-state index contributed by atoms with van der Waals surface area (Å²) in [7, 11) is 1.94. The van der Waals surface area contributed by atoms with E-state index in [0.717, 1.165) is 16.7 Å². The molecule has 18 heavy (non-hydrogen) atoms. The van der Waals surface area contributed by atoms with Crippen molar-refractivity contribution in [3.05, 3.63) is 51.8 Å². The molecule has 0 saturated carbocycles. The summed E-state index contributed by atoms with van der Waals surface area (Å²) in [5.74, 6) is 0. The van der Waals surface area contributed by atoms with E-state index < -0.39 is 0 Å². The van der Waals surface area contributed by atoms with Crippen molar-refractivity contribution < 1.29 is 0 Å². The molecule has 2 aromatic rings. The summed E-state index contributed by atoms with van der Waals surface area (Å²) in [6.45, 7) is 5.11. The minimum Gasteiger partial charge on any atom is -0.305 e. The lowest BCUT2D eigenvalue weighted by atomic mass is 10.0. The van der Waals surface area contributed by atoms with Gasteiger partial charge in [0.2, 0.25) is 0 Å². The zero-order valence-electron chi connectivity index (χ0n) is 10.9. The summed E-state index contributed by atoms with van der Waals surface area (Å²) in [6.07, 6.45) is 1.98. The fraction of sp³-hybridized carbons (Fsp3) is 0.357. The third-order valence-corrected chi connectivity index (χ3v) is 3.82. The van der Waals surface area contributed by atoms with Crippen LogP contribution in [0.4, 0.5) is 0 Å². The van der Waals surface area contributed by atoms with Crippen LogP contribution in [0.25, 0.3) is 0 Å². The molecular weight excluding hydrogens is 290 g/mol. The van der Waals surface area contributed by atoms with Gasteiger partial charge in [-0.15, -0.1) is 0 Å². The second-order valence-electron chi connectivity index (χ2n) is 4.41. The van der Waals surface area contributed by atoms with Crippen LogP contribution < -0.4 is 5.32 Å². The maximum atomic E-state index is 4.50. The molecule has 1 unspecified atom stereocenters. The summed E-state index contributed by atoms with van der Waals surface area (Å²) in [4.78, 5) is 0. The van der Waals surface area contributed by atoms with Gasteiger partial charge in [-0.1, -0.05) is 35.0 Å². The molecule has 0 aliphatic rings. The van der Waals surface area contributed by atoms with Crippen molar-refractivity contribution in [1.29, 1.82) is 0 Å². The molecule has 1 heterocycles. The van der Waals surface area contributed by atoms with Gasteiger partial charge >= 0.3 is 0 Å². The van der Waals surface area contributed by atoms with Gasteiger partial charge in [0, 0.05) is 17.7 Å². The molecule has 96 valence electrons. The number of nitrogens with one attached hydrogen (secondary N) is 1. The average molecular weight is 308 g/mol. The highest BCUT2D eigenvalue weighted by atomic mass is 79.9. The first-order valence-corrected chi connectivity index (χ1v) is 6.90. The van der Waals surface area contributed by atoms with Gasteiger partial charge in [-0.05, 0) is 36.7 Å². The lowest BCUT2D eigenvalue weighted by Gasteiger charge is -2.17. The Morgan fingerprint density at radius 1 is 1.39 bits per heavy atom. The molecule has 0 amide bonds. The molecule has 3 nitrogen and oxygen atoms in total. The molecule has 0 radical (unpaired) electrons. The van der Waals surface area contributed by atoms with Crippen LogP contribution >= 0.6 is 15.9 Å². The first-order valence-electron chi connectivity index (χ1n) is 6.10. The maximum absolute atomic E-state index is 4.50. The van der Waals surface area contributed by atoms with E-state index in [-0.39, 0.29) is 6.04 Å². The lowest BCUT2D eigenvalue weighted by molar-refractivity contribution is 0.599. The first kappa shape index (κ1) is 13.3. The fourth-order valence-electron chi connectivity index (χ4n) is 1.97. The van der Waals surface area contributed by atoms with Crippen LogP contribution in [0.1, 0.15) is 29.8 Å². The number of hydrogen-bond donors (Lipinski definition) is 1. The maximum Gasteiger partial charge on any atom is 0.0839 e. The summed E-state index contributed by atoms with van der Waals surface area (Å²) in [5.41, 5.74) is 3.53. The van der Waals surface area contributed by atoms with Gasteiger partial charge in [0.25, 0.3) is 0 Å². The van der Waals surface area contributed by atoms with E-state index in [4.69, 9.17) is 0 Å². The Kier molecular flexibility index (Phi) is 4.19. The van der Waals surface area contributed by atoms with E-state index in [1.807, 2.05) is 17.9 Å². The molecule has 0 aliphatic carbocycles. The fourth-order valence-corrected chi connectivity index (χ4v) is 2.37. The van der Waals surface area contributed by atoms with E-state index in [1.165, 1.54) is 11.1 Å². The minimum atomic E-state index is 0.146. The SMILES string of the molecule is CCNC(c1ccc(C)c(Br)c1)c1ccn(C)n1. The lowest BCUT2D eigenvalue weighted by Crippen LogP contribution is -2.22. The summed E-state index contributed by atoms with van der Waals surface area (Å²) >= 11 is 3.59. The van der Waals surface area contributed by atoms with E-state index in [2.05, 4.69) is 64.5 Å². The van der Waals surface area contributed by atoms with Crippen molar-refractivity contribution in [2.75, 3.05) is 6.54 Å². The van der Waals surface area contributed by atoms with Crippen molar-refractivity contribution in [3.63, 3.8) is 0 Å². The molecule has 4 heteroatoms. The van der Waals surface area contributed by atoms with Crippen molar-refractivity contribution >= 4 is 15.9 Å². The van der Waals surface area contributed by atoms with Crippen LogP contribution in [-0.2, 0) is 7.05 Å². The van der Waals surface area contributed by atoms with Gasteiger partial charge in [0.1, 0.15) is 0 Å². The van der Waals surface area contributed by atoms with Crippen LogP contribution in [0.2, 0.25) is 0 Å². The van der Waals surface area contributed by atoms with Gasteiger partial charge in [0.05, 0.1) is 11.7 Å². The Bertz CT molecular complexity index is 534. The highest BCUT2D eigenvalue weighted by Gasteiger charge is 2.16. The van der Waals surface area contributed by atoms with Gasteiger partial charge in [-0.2, -0.15) is 5.10 Å².